The van der Waals surface area contributed by atoms with Crippen molar-refractivity contribution in [3.8, 4) is 0 Å². The molecule has 20 heavy (non-hydrogen) atoms. The molecular formula is C17H21NOS. The van der Waals surface area contributed by atoms with Crippen LogP contribution in [0.4, 0.5) is 0 Å². The number of hydrogen-bond donors (Lipinski definition) is 1. The van der Waals surface area contributed by atoms with Crippen LogP contribution in [0.3, 0.4) is 0 Å². The van der Waals surface area contributed by atoms with Crippen molar-refractivity contribution in [2.24, 2.45) is 5.92 Å². The summed E-state index contributed by atoms with van der Waals surface area (Å²) in [6.45, 7) is 2.12. The van der Waals surface area contributed by atoms with E-state index in [9.17, 15) is 5.11 Å². The number of benzene rings is 1. The van der Waals surface area contributed by atoms with E-state index in [0.29, 0.717) is 5.92 Å². The summed E-state index contributed by atoms with van der Waals surface area (Å²) >= 11 is 1.66. The third-order valence-electron chi connectivity index (χ3n) is 4.42. The summed E-state index contributed by atoms with van der Waals surface area (Å²) < 4.78 is 0. The Kier molecular flexibility index (Phi) is 3.92. The molecule has 0 saturated carbocycles. The number of thiophene rings is 1. The van der Waals surface area contributed by atoms with E-state index in [4.69, 9.17) is 0 Å². The van der Waals surface area contributed by atoms with Crippen LogP contribution in [0.1, 0.15) is 23.3 Å². The van der Waals surface area contributed by atoms with Gasteiger partial charge in [-0.15, -0.1) is 11.3 Å². The molecule has 106 valence electrons. The number of nitrogens with zero attached hydrogens (tertiary/aromatic N) is 1. The van der Waals surface area contributed by atoms with Crippen molar-refractivity contribution in [1.29, 1.82) is 0 Å². The molecular weight excluding hydrogens is 266 g/mol. The minimum Gasteiger partial charge on any atom is -0.379 e. The van der Waals surface area contributed by atoms with Gasteiger partial charge in [0.05, 0.1) is 0 Å². The smallest absolute Gasteiger partial charge is 0.127 e. The Morgan fingerprint density at radius 3 is 2.40 bits per heavy atom. The molecule has 1 aromatic heterocycles. The summed E-state index contributed by atoms with van der Waals surface area (Å²) in [7, 11) is 2.16. The third kappa shape index (κ3) is 2.41. The Morgan fingerprint density at radius 2 is 1.80 bits per heavy atom. The molecule has 1 fully saturated rings. The van der Waals surface area contributed by atoms with Crippen molar-refractivity contribution >= 4 is 11.3 Å². The first-order chi connectivity index (χ1) is 9.71. The van der Waals surface area contributed by atoms with E-state index in [1.807, 2.05) is 24.3 Å². The number of rotatable bonds is 3. The van der Waals surface area contributed by atoms with Gasteiger partial charge in [-0.05, 0) is 55.9 Å². The van der Waals surface area contributed by atoms with Crippen LogP contribution in [0.15, 0.2) is 47.8 Å². The zero-order chi connectivity index (χ0) is 14.0. The summed E-state index contributed by atoms with van der Waals surface area (Å²) in [5.41, 5.74) is 0.188. The summed E-state index contributed by atoms with van der Waals surface area (Å²) in [6, 6.07) is 14.2. The Bertz CT molecular complexity index is 531. The van der Waals surface area contributed by atoms with Crippen molar-refractivity contribution in [2.45, 2.75) is 18.4 Å². The first-order valence-corrected chi connectivity index (χ1v) is 8.09. The van der Waals surface area contributed by atoms with Gasteiger partial charge in [0, 0.05) is 4.88 Å². The van der Waals surface area contributed by atoms with Gasteiger partial charge in [0.15, 0.2) is 0 Å². The average Bonchev–Trinajstić information content (AvgIpc) is 3.03. The normalized spacial score (nSPS) is 20.7. The first kappa shape index (κ1) is 13.8. The lowest BCUT2D eigenvalue weighted by Gasteiger charge is -2.40. The van der Waals surface area contributed by atoms with Crippen LogP contribution in [0.2, 0.25) is 0 Å². The number of likely N-dealkylation sites (tertiary alicyclic amines) is 1. The van der Waals surface area contributed by atoms with Gasteiger partial charge >= 0.3 is 0 Å². The lowest BCUT2D eigenvalue weighted by molar-refractivity contribution is -0.00794. The van der Waals surface area contributed by atoms with Gasteiger partial charge in [0.25, 0.3) is 0 Å². The molecule has 2 heterocycles. The summed E-state index contributed by atoms with van der Waals surface area (Å²) in [5, 5.41) is 13.6. The Hall–Kier alpha value is -1.16. The molecule has 1 aliphatic heterocycles. The molecule has 2 aromatic rings. The highest BCUT2D eigenvalue weighted by Crippen LogP contribution is 2.43. The Balaban J connectivity index is 2.00. The summed E-state index contributed by atoms with van der Waals surface area (Å²) in [6.07, 6.45) is 2.08. The van der Waals surface area contributed by atoms with Gasteiger partial charge in [0.1, 0.15) is 5.60 Å². The first-order valence-electron chi connectivity index (χ1n) is 7.21. The number of hydrogen-bond acceptors (Lipinski definition) is 3. The lowest BCUT2D eigenvalue weighted by atomic mass is 9.75. The average molecular weight is 287 g/mol. The largest absolute Gasteiger partial charge is 0.379 e. The lowest BCUT2D eigenvalue weighted by Crippen LogP contribution is -2.42. The molecule has 1 atom stereocenters. The molecule has 2 nitrogen and oxygen atoms in total. The predicted octanol–water partition coefficient (Wildman–Crippen LogP) is 3.33. The summed E-state index contributed by atoms with van der Waals surface area (Å²) in [5.74, 6) is 0.291. The molecule has 1 aromatic carbocycles. The van der Waals surface area contributed by atoms with Gasteiger partial charge in [-0.2, -0.15) is 0 Å². The van der Waals surface area contributed by atoms with E-state index < -0.39 is 5.60 Å². The molecule has 0 spiro atoms. The molecule has 1 N–H and O–H groups in total. The quantitative estimate of drug-likeness (QED) is 0.936. The van der Waals surface area contributed by atoms with Gasteiger partial charge in [-0.3, -0.25) is 0 Å². The molecule has 0 amide bonds. The van der Waals surface area contributed by atoms with Crippen molar-refractivity contribution in [2.75, 3.05) is 20.1 Å². The molecule has 1 unspecified atom stereocenters. The van der Waals surface area contributed by atoms with E-state index in [2.05, 4.69) is 35.5 Å². The van der Waals surface area contributed by atoms with Crippen molar-refractivity contribution in [3.63, 3.8) is 0 Å². The van der Waals surface area contributed by atoms with Crippen molar-refractivity contribution in [3.05, 3.63) is 58.3 Å². The second-order valence-electron chi connectivity index (χ2n) is 5.69. The molecule has 1 aliphatic rings. The van der Waals surface area contributed by atoms with E-state index >= 15 is 0 Å². The van der Waals surface area contributed by atoms with Gasteiger partial charge in [0.2, 0.25) is 0 Å². The molecule has 0 bridgehead atoms. The molecule has 0 radical (unpaired) electrons. The highest BCUT2D eigenvalue weighted by molar-refractivity contribution is 7.10. The van der Waals surface area contributed by atoms with E-state index in [1.165, 1.54) is 0 Å². The Labute approximate surface area is 124 Å². The van der Waals surface area contributed by atoms with Crippen LogP contribution in [-0.2, 0) is 5.60 Å². The Morgan fingerprint density at radius 1 is 1.10 bits per heavy atom. The fourth-order valence-corrected chi connectivity index (χ4v) is 4.12. The maximum atomic E-state index is 11.5. The third-order valence-corrected chi connectivity index (χ3v) is 5.41. The highest BCUT2D eigenvalue weighted by Gasteiger charge is 2.41. The highest BCUT2D eigenvalue weighted by atomic mass is 32.1. The monoisotopic (exact) mass is 287 g/mol. The van der Waals surface area contributed by atoms with E-state index in [0.717, 1.165) is 36.4 Å². The van der Waals surface area contributed by atoms with Crippen LogP contribution >= 0.6 is 11.3 Å². The standard InChI is InChI=1S/C17H21NOS/c1-18-11-9-15(10-12-18)17(19,16-8-5-13-20-16)14-6-3-2-4-7-14/h2-8,13,15,19H,9-12H2,1H3. The number of piperidine rings is 1. The zero-order valence-electron chi connectivity index (χ0n) is 11.8. The molecule has 3 rings (SSSR count). The fourth-order valence-electron chi connectivity index (χ4n) is 3.19. The van der Waals surface area contributed by atoms with Gasteiger partial charge in [-0.1, -0.05) is 36.4 Å². The summed E-state index contributed by atoms with van der Waals surface area (Å²) in [4.78, 5) is 3.41. The van der Waals surface area contributed by atoms with Crippen LogP contribution in [-0.4, -0.2) is 30.1 Å². The van der Waals surface area contributed by atoms with Crippen molar-refractivity contribution in [1.82, 2.24) is 4.90 Å². The molecule has 0 aliphatic carbocycles. The topological polar surface area (TPSA) is 23.5 Å². The predicted molar refractivity (Wildman–Crippen MR) is 84.0 cm³/mol. The van der Waals surface area contributed by atoms with Crippen LogP contribution in [0.25, 0.3) is 0 Å². The van der Waals surface area contributed by atoms with E-state index in [-0.39, 0.29) is 0 Å². The minimum atomic E-state index is -0.837. The maximum absolute atomic E-state index is 11.5. The second kappa shape index (κ2) is 5.68. The fraction of sp³-hybridized carbons (Fsp3) is 0.412. The van der Waals surface area contributed by atoms with Gasteiger partial charge < -0.3 is 10.0 Å². The van der Waals surface area contributed by atoms with Crippen LogP contribution in [0, 0.1) is 5.92 Å². The van der Waals surface area contributed by atoms with E-state index in [1.54, 1.807) is 11.3 Å². The second-order valence-corrected chi connectivity index (χ2v) is 6.63. The maximum Gasteiger partial charge on any atom is 0.127 e. The minimum absolute atomic E-state index is 0.291. The van der Waals surface area contributed by atoms with Crippen LogP contribution < -0.4 is 0 Å². The van der Waals surface area contributed by atoms with Crippen LogP contribution in [0.5, 0.6) is 0 Å². The van der Waals surface area contributed by atoms with Gasteiger partial charge in [-0.25, -0.2) is 0 Å². The molecule has 3 heteroatoms. The zero-order valence-corrected chi connectivity index (χ0v) is 12.6. The number of aliphatic hydroxyl groups is 1. The SMILES string of the molecule is CN1CCC(C(O)(c2ccccc2)c2cccs2)CC1. The molecule has 1 saturated heterocycles. The van der Waals surface area contributed by atoms with Crippen molar-refractivity contribution < 1.29 is 5.11 Å².